The number of carbonyl (C=O) groups excluding carboxylic acids is 1. The van der Waals surface area contributed by atoms with Crippen LogP contribution in [-0.2, 0) is 5.54 Å². The summed E-state index contributed by atoms with van der Waals surface area (Å²) in [5.41, 5.74) is 7.55. The Labute approximate surface area is 127 Å². The number of nitrogens with zero attached hydrogens (tertiary/aromatic N) is 3. The predicted octanol–water partition coefficient (Wildman–Crippen LogP) is 2.15. The molecule has 0 unspecified atom stereocenters. The highest BCUT2D eigenvalue weighted by Crippen LogP contribution is 2.23. The fourth-order valence-corrected chi connectivity index (χ4v) is 3.09. The molecule has 1 saturated heterocycles. The molecule has 0 bridgehead atoms. The van der Waals surface area contributed by atoms with E-state index in [0.29, 0.717) is 5.92 Å². The minimum atomic E-state index is -0.112. The Hall–Kier alpha value is -1.36. The third kappa shape index (κ3) is 3.28. The number of piperidine rings is 1. The van der Waals surface area contributed by atoms with Crippen LogP contribution in [0.15, 0.2) is 6.20 Å². The van der Waals surface area contributed by atoms with Crippen molar-refractivity contribution in [2.75, 3.05) is 13.1 Å². The van der Waals surface area contributed by atoms with E-state index in [1.165, 1.54) is 0 Å². The standard InChI is InChI=1S/C16H28N4O/c1-11(17)13-7-6-8-19(10-13)15(21)14-9-18-20(12(14)2)16(3,4)5/h9,11,13H,6-8,10,17H2,1-5H3/t11-,13+/m1/s1. The lowest BCUT2D eigenvalue weighted by Gasteiger charge is -2.34. The second kappa shape index (κ2) is 5.79. The summed E-state index contributed by atoms with van der Waals surface area (Å²) in [6.45, 7) is 11.9. The van der Waals surface area contributed by atoms with Crippen LogP contribution in [0.2, 0.25) is 0 Å². The molecule has 21 heavy (non-hydrogen) atoms. The summed E-state index contributed by atoms with van der Waals surface area (Å²) < 4.78 is 1.92. The van der Waals surface area contributed by atoms with E-state index in [1.807, 2.05) is 23.4 Å². The van der Waals surface area contributed by atoms with E-state index in [-0.39, 0.29) is 17.5 Å². The molecule has 0 radical (unpaired) electrons. The third-order valence-corrected chi connectivity index (χ3v) is 4.36. The highest BCUT2D eigenvalue weighted by atomic mass is 16.2. The molecule has 1 aliphatic heterocycles. The van der Waals surface area contributed by atoms with E-state index in [0.717, 1.165) is 37.2 Å². The van der Waals surface area contributed by atoms with Crippen LogP contribution in [0.1, 0.15) is 56.6 Å². The molecule has 1 aromatic rings. The first-order valence-corrected chi connectivity index (χ1v) is 7.81. The number of likely N-dealkylation sites (tertiary alicyclic amines) is 1. The van der Waals surface area contributed by atoms with Gasteiger partial charge >= 0.3 is 0 Å². The zero-order valence-electron chi connectivity index (χ0n) is 13.9. The molecule has 1 amide bonds. The molecule has 2 rings (SSSR count). The van der Waals surface area contributed by atoms with Crippen molar-refractivity contribution < 1.29 is 4.79 Å². The SMILES string of the molecule is Cc1c(C(=O)N2CCC[C@H]([C@@H](C)N)C2)cnn1C(C)(C)C. The van der Waals surface area contributed by atoms with Crippen LogP contribution in [0, 0.1) is 12.8 Å². The van der Waals surface area contributed by atoms with Gasteiger partial charge in [-0.3, -0.25) is 9.48 Å². The Morgan fingerprint density at radius 2 is 2.14 bits per heavy atom. The average Bonchev–Trinajstić information content (AvgIpc) is 2.79. The Morgan fingerprint density at radius 1 is 1.48 bits per heavy atom. The monoisotopic (exact) mass is 292 g/mol. The summed E-state index contributed by atoms with van der Waals surface area (Å²) in [6.07, 6.45) is 3.85. The van der Waals surface area contributed by atoms with Gasteiger partial charge in [-0.2, -0.15) is 5.10 Å². The first kappa shape index (κ1) is 16.0. The molecule has 5 heteroatoms. The lowest BCUT2D eigenvalue weighted by Crippen LogP contribution is -2.45. The molecule has 2 N–H and O–H groups in total. The Bertz CT molecular complexity index is 513. The quantitative estimate of drug-likeness (QED) is 0.908. The van der Waals surface area contributed by atoms with Crippen molar-refractivity contribution in [2.24, 2.45) is 11.7 Å². The smallest absolute Gasteiger partial charge is 0.257 e. The van der Waals surface area contributed by atoms with E-state index in [9.17, 15) is 4.79 Å². The van der Waals surface area contributed by atoms with Gasteiger partial charge in [-0.25, -0.2) is 0 Å². The van der Waals surface area contributed by atoms with Crippen LogP contribution in [0.5, 0.6) is 0 Å². The normalized spacial score (nSPS) is 21.4. The predicted molar refractivity (Wildman–Crippen MR) is 84.2 cm³/mol. The number of amides is 1. The van der Waals surface area contributed by atoms with Gasteiger partial charge < -0.3 is 10.6 Å². The summed E-state index contributed by atoms with van der Waals surface area (Å²) in [5, 5.41) is 4.40. The van der Waals surface area contributed by atoms with Gasteiger partial charge in [0.15, 0.2) is 0 Å². The maximum atomic E-state index is 12.8. The number of hydrogen-bond donors (Lipinski definition) is 1. The molecule has 1 aliphatic rings. The lowest BCUT2D eigenvalue weighted by atomic mass is 9.92. The van der Waals surface area contributed by atoms with Gasteiger partial charge in [-0.15, -0.1) is 0 Å². The van der Waals surface area contributed by atoms with E-state index in [4.69, 9.17) is 5.73 Å². The van der Waals surface area contributed by atoms with Crippen molar-refractivity contribution in [1.82, 2.24) is 14.7 Å². The maximum absolute atomic E-state index is 12.8. The van der Waals surface area contributed by atoms with E-state index < -0.39 is 0 Å². The fourth-order valence-electron chi connectivity index (χ4n) is 3.09. The molecule has 0 saturated carbocycles. The van der Waals surface area contributed by atoms with Crippen molar-refractivity contribution in [1.29, 1.82) is 0 Å². The van der Waals surface area contributed by atoms with Crippen LogP contribution >= 0.6 is 0 Å². The minimum absolute atomic E-state index is 0.0911. The Balaban J connectivity index is 2.19. The largest absolute Gasteiger partial charge is 0.338 e. The summed E-state index contributed by atoms with van der Waals surface area (Å²) in [7, 11) is 0. The second-order valence-corrected chi connectivity index (χ2v) is 7.24. The van der Waals surface area contributed by atoms with E-state index >= 15 is 0 Å². The highest BCUT2D eigenvalue weighted by molar-refractivity contribution is 5.95. The number of rotatable bonds is 2. The van der Waals surface area contributed by atoms with E-state index in [1.54, 1.807) is 6.20 Å². The van der Waals surface area contributed by atoms with Crippen LogP contribution in [0.4, 0.5) is 0 Å². The average molecular weight is 292 g/mol. The number of nitrogens with two attached hydrogens (primary N) is 1. The molecule has 1 fully saturated rings. The van der Waals surface area contributed by atoms with Crippen LogP contribution in [0.3, 0.4) is 0 Å². The van der Waals surface area contributed by atoms with Gasteiger partial charge in [-0.05, 0) is 53.4 Å². The van der Waals surface area contributed by atoms with Gasteiger partial charge in [0.05, 0.1) is 17.3 Å². The van der Waals surface area contributed by atoms with Gasteiger partial charge in [0.2, 0.25) is 0 Å². The van der Waals surface area contributed by atoms with E-state index in [2.05, 4.69) is 25.9 Å². The van der Waals surface area contributed by atoms with Crippen LogP contribution in [-0.4, -0.2) is 39.7 Å². The maximum Gasteiger partial charge on any atom is 0.257 e. The molecule has 118 valence electrons. The molecule has 0 aromatic carbocycles. The van der Waals surface area contributed by atoms with Crippen molar-refractivity contribution in [3.63, 3.8) is 0 Å². The molecule has 5 nitrogen and oxygen atoms in total. The fraction of sp³-hybridized carbons (Fsp3) is 0.750. The zero-order chi connectivity index (χ0) is 15.8. The first-order chi connectivity index (χ1) is 9.71. The highest BCUT2D eigenvalue weighted by Gasteiger charge is 2.29. The first-order valence-electron chi connectivity index (χ1n) is 7.81. The van der Waals surface area contributed by atoms with Gasteiger partial charge in [0, 0.05) is 24.8 Å². The molecule has 0 spiro atoms. The summed E-state index contributed by atoms with van der Waals surface area (Å²) in [5.74, 6) is 0.494. The lowest BCUT2D eigenvalue weighted by molar-refractivity contribution is 0.0660. The molecule has 2 heterocycles. The van der Waals surface area contributed by atoms with Crippen molar-refractivity contribution in [2.45, 2.75) is 59.0 Å². The van der Waals surface area contributed by atoms with Gasteiger partial charge in [0.25, 0.3) is 5.91 Å². The number of hydrogen-bond acceptors (Lipinski definition) is 3. The number of carbonyl (C=O) groups is 1. The molecule has 1 aromatic heterocycles. The summed E-state index contributed by atoms with van der Waals surface area (Å²) in [6, 6.07) is 0.138. The van der Waals surface area contributed by atoms with Crippen molar-refractivity contribution in [3.8, 4) is 0 Å². The Kier molecular flexibility index (Phi) is 4.42. The van der Waals surface area contributed by atoms with Crippen LogP contribution in [0.25, 0.3) is 0 Å². The van der Waals surface area contributed by atoms with Crippen LogP contribution < -0.4 is 5.73 Å². The van der Waals surface area contributed by atoms with Gasteiger partial charge in [-0.1, -0.05) is 0 Å². The molecular formula is C16H28N4O. The molecular weight excluding hydrogens is 264 g/mol. The summed E-state index contributed by atoms with van der Waals surface area (Å²) >= 11 is 0. The second-order valence-electron chi connectivity index (χ2n) is 7.24. The summed E-state index contributed by atoms with van der Waals surface area (Å²) in [4.78, 5) is 14.7. The van der Waals surface area contributed by atoms with Crippen molar-refractivity contribution >= 4 is 5.91 Å². The Morgan fingerprint density at radius 3 is 2.67 bits per heavy atom. The topological polar surface area (TPSA) is 64.2 Å². The zero-order valence-corrected chi connectivity index (χ0v) is 13.9. The van der Waals surface area contributed by atoms with Gasteiger partial charge in [0.1, 0.15) is 0 Å². The third-order valence-electron chi connectivity index (χ3n) is 4.36. The molecule has 2 atom stereocenters. The minimum Gasteiger partial charge on any atom is -0.338 e. The van der Waals surface area contributed by atoms with Crippen molar-refractivity contribution in [3.05, 3.63) is 17.5 Å². The molecule has 0 aliphatic carbocycles. The number of aromatic nitrogens is 2.